The summed E-state index contributed by atoms with van der Waals surface area (Å²) >= 11 is 12.4. The van der Waals surface area contributed by atoms with E-state index >= 15 is 0 Å². The van der Waals surface area contributed by atoms with Crippen LogP contribution in [0, 0.1) is 0 Å². The highest BCUT2D eigenvalue weighted by Crippen LogP contribution is 2.45. The van der Waals surface area contributed by atoms with Gasteiger partial charge in [-0.3, -0.25) is 9.59 Å². The molecule has 1 amide bonds. The molecule has 5 nitrogen and oxygen atoms in total. The number of amides is 1. The molecule has 1 aliphatic heterocycles. The Balaban J connectivity index is 1.82. The van der Waals surface area contributed by atoms with Crippen molar-refractivity contribution in [2.24, 2.45) is 0 Å². The molecule has 2 aromatic carbocycles. The van der Waals surface area contributed by atoms with Crippen molar-refractivity contribution in [2.45, 2.75) is 62.8 Å². The minimum atomic E-state index is -1.06. The Morgan fingerprint density at radius 1 is 1.00 bits per heavy atom. The summed E-state index contributed by atoms with van der Waals surface area (Å²) in [5.74, 6) is -1.32. The fraction of sp³-hybridized carbons (Fsp3) is 0.417. The van der Waals surface area contributed by atoms with Crippen LogP contribution in [0.1, 0.15) is 61.8 Å². The third-order valence-electron chi connectivity index (χ3n) is 6.14. The van der Waals surface area contributed by atoms with Crippen molar-refractivity contribution in [3.05, 3.63) is 69.7 Å². The number of benzene rings is 2. The average Bonchev–Trinajstić information content (AvgIpc) is 2.76. The molecule has 1 saturated heterocycles. The van der Waals surface area contributed by atoms with Gasteiger partial charge in [0, 0.05) is 16.1 Å². The Labute approximate surface area is 191 Å². The molecule has 2 fully saturated rings. The molecule has 1 N–H and O–H groups in total. The first-order valence-electron chi connectivity index (χ1n) is 10.6. The van der Waals surface area contributed by atoms with E-state index < -0.39 is 24.2 Å². The number of halogens is 2. The summed E-state index contributed by atoms with van der Waals surface area (Å²) < 4.78 is 6.21. The average molecular weight is 462 g/mol. The summed E-state index contributed by atoms with van der Waals surface area (Å²) in [6, 6.07) is 14.4. The molecule has 4 rings (SSSR count). The van der Waals surface area contributed by atoms with Gasteiger partial charge in [0.2, 0.25) is 0 Å². The first-order valence-corrected chi connectivity index (χ1v) is 11.4. The van der Waals surface area contributed by atoms with Gasteiger partial charge >= 0.3 is 5.97 Å². The quantitative estimate of drug-likeness (QED) is 0.609. The molecule has 31 heavy (non-hydrogen) atoms. The highest BCUT2D eigenvalue weighted by Gasteiger charge is 2.47. The predicted molar refractivity (Wildman–Crippen MR) is 119 cm³/mol. The van der Waals surface area contributed by atoms with Crippen LogP contribution in [0.4, 0.5) is 0 Å². The van der Waals surface area contributed by atoms with Crippen molar-refractivity contribution < 1.29 is 19.4 Å². The number of hydrogen-bond acceptors (Lipinski definition) is 3. The van der Waals surface area contributed by atoms with Crippen LogP contribution in [-0.4, -0.2) is 34.0 Å². The topological polar surface area (TPSA) is 66.8 Å². The lowest BCUT2D eigenvalue weighted by Crippen LogP contribution is -2.55. The van der Waals surface area contributed by atoms with Gasteiger partial charge in [-0.15, -0.1) is 0 Å². The van der Waals surface area contributed by atoms with Crippen LogP contribution in [0.5, 0.6) is 0 Å². The molecular weight excluding hydrogens is 437 g/mol. The van der Waals surface area contributed by atoms with E-state index in [0.717, 1.165) is 43.2 Å². The number of hydrogen-bond donors (Lipinski definition) is 1. The van der Waals surface area contributed by atoms with E-state index in [-0.39, 0.29) is 18.4 Å². The molecule has 2 aliphatic rings. The lowest BCUT2D eigenvalue weighted by Gasteiger charge is -2.49. The van der Waals surface area contributed by atoms with Gasteiger partial charge in [-0.25, -0.2) is 0 Å². The second-order valence-corrected chi connectivity index (χ2v) is 9.10. The molecule has 0 unspecified atom stereocenters. The zero-order valence-corrected chi connectivity index (χ0v) is 18.6. The number of carboxylic acid groups (broad SMARTS) is 1. The van der Waals surface area contributed by atoms with Gasteiger partial charge < -0.3 is 14.7 Å². The van der Waals surface area contributed by atoms with E-state index in [1.807, 2.05) is 35.2 Å². The maximum Gasteiger partial charge on any atom is 0.306 e. The molecule has 0 spiro atoms. The predicted octanol–water partition coefficient (Wildman–Crippen LogP) is 5.81. The van der Waals surface area contributed by atoms with Gasteiger partial charge in [0.15, 0.2) is 0 Å². The third-order valence-corrected chi connectivity index (χ3v) is 6.63. The lowest BCUT2D eigenvalue weighted by molar-refractivity contribution is -0.184. The fourth-order valence-electron chi connectivity index (χ4n) is 4.76. The minimum Gasteiger partial charge on any atom is -0.481 e. The van der Waals surface area contributed by atoms with Crippen LogP contribution in [0.25, 0.3) is 0 Å². The Bertz CT molecular complexity index is 943. The second-order valence-electron chi connectivity index (χ2n) is 8.23. The molecule has 2 aromatic rings. The number of carbonyl (C=O) groups is 2. The largest absolute Gasteiger partial charge is 0.481 e. The van der Waals surface area contributed by atoms with Crippen molar-refractivity contribution in [1.82, 2.24) is 4.90 Å². The second kappa shape index (κ2) is 9.60. The highest BCUT2D eigenvalue weighted by molar-refractivity contribution is 6.30. The maximum absolute atomic E-state index is 13.5. The minimum absolute atomic E-state index is 0.0452. The summed E-state index contributed by atoms with van der Waals surface area (Å²) in [6.45, 7) is 0. The molecule has 1 heterocycles. The van der Waals surface area contributed by atoms with Gasteiger partial charge in [0.25, 0.3) is 5.91 Å². The number of carboxylic acids is 1. The first kappa shape index (κ1) is 22.1. The Kier molecular flexibility index (Phi) is 6.85. The van der Waals surface area contributed by atoms with E-state index in [4.69, 9.17) is 27.9 Å². The summed E-state index contributed by atoms with van der Waals surface area (Å²) in [5, 5.41) is 10.6. The van der Waals surface area contributed by atoms with Crippen molar-refractivity contribution in [2.75, 3.05) is 0 Å². The number of morpholine rings is 1. The summed E-state index contributed by atoms with van der Waals surface area (Å²) in [7, 11) is 0. The van der Waals surface area contributed by atoms with Gasteiger partial charge in [-0.1, -0.05) is 66.7 Å². The van der Waals surface area contributed by atoms with Crippen LogP contribution >= 0.6 is 23.2 Å². The van der Waals surface area contributed by atoms with Gasteiger partial charge in [0.1, 0.15) is 12.2 Å². The Morgan fingerprint density at radius 3 is 2.35 bits per heavy atom. The SMILES string of the molecule is O=C(O)C[C@@H]1O[C@H](c2cccc(Cl)c2)[C@@H](c2ccc(Cl)cc2)N(C2CCCCC2)C1=O. The number of rotatable bonds is 5. The van der Waals surface area contributed by atoms with Gasteiger partial charge in [-0.05, 0) is 48.2 Å². The van der Waals surface area contributed by atoms with Crippen LogP contribution < -0.4 is 0 Å². The van der Waals surface area contributed by atoms with Crippen LogP contribution in [0.15, 0.2) is 48.5 Å². The standard InChI is InChI=1S/C24H25Cl2NO4/c25-17-11-9-15(10-12-17)22-23(16-5-4-6-18(26)13-16)31-20(14-21(28)29)24(30)27(22)19-7-2-1-3-8-19/h4-6,9-13,19-20,22-23H,1-3,7-8,14H2,(H,28,29)/t20-,22+,23+/m0/s1. The maximum atomic E-state index is 13.5. The molecule has 0 bridgehead atoms. The summed E-state index contributed by atoms with van der Waals surface area (Å²) in [6.07, 6.45) is 3.11. The normalized spacial score (nSPS) is 24.9. The van der Waals surface area contributed by atoms with Crippen LogP contribution in [0.3, 0.4) is 0 Å². The third kappa shape index (κ3) is 4.89. The molecule has 1 saturated carbocycles. The number of nitrogens with zero attached hydrogens (tertiary/aromatic N) is 1. The molecule has 7 heteroatoms. The molecular formula is C24H25Cl2NO4. The van der Waals surface area contributed by atoms with Crippen molar-refractivity contribution in [3.8, 4) is 0 Å². The zero-order chi connectivity index (χ0) is 22.0. The summed E-state index contributed by atoms with van der Waals surface area (Å²) in [5.41, 5.74) is 1.72. The van der Waals surface area contributed by atoms with Crippen molar-refractivity contribution in [1.29, 1.82) is 0 Å². The van der Waals surface area contributed by atoms with Crippen molar-refractivity contribution in [3.63, 3.8) is 0 Å². The number of ether oxygens (including phenoxy) is 1. The summed E-state index contributed by atoms with van der Waals surface area (Å²) in [4.78, 5) is 26.9. The zero-order valence-electron chi connectivity index (χ0n) is 17.0. The van der Waals surface area contributed by atoms with E-state index in [1.165, 1.54) is 0 Å². The smallest absolute Gasteiger partial charge is 0.306 e. The first-order chi connectivity index (χ1) is 14.9. The lowest BCUT2D eigenvalue weighted by atomic mass is 9.86. The van der Waals surface area contributed by atoms with Gasteiger partial charge in [-0.2, -0.15) is 0 Å². The number of aliphatic carboxylic acids is 1. The van der Waals surface area contributed by atoms with E-state index in [9.17, 15) is 14.7 Å². The van der Waals surface area contributed by atoms with Crippen LogP contribution in [-0.2, 0) is 14.3 Å². The molecule has 0 aromatic heterocycles. The van der Waals surface area contributed by atoms with Crippen LogP contribution in [0.2, 0.25) is 10.0 Å². The van der Waals surface area contributed by atoms with E-state index in [1.54, 1.807) is 18.2 Å². The van der Waals surface area contributed by atoms with Crippen molar-refractivity contribution >= 4 is 35.1 Å². The fourth-order valence-corrected chi connectivity index (χ4v) is 5.08. The van der Waals surface area contributed by atoms with Gasteiger partial charge in [0.05, 0.1) is 12.5 Å². The highest BCUT2D eigenvalue weighted by atomic mass is 35.5. The Hall–Kier alpha value is -2.08. The molecule has 0 radical (unpaired) electrons. The monoisotopic (exact) mass is 461 g/mol. The Morgan fingerprint density at radius 2 is 1.71 bits per heavy atom. The molecule has 1 aliphatic carbocycles. The molecule has 164 valence electrons. The molecule has 3 atom stereocenters. The van der Waals surface area contributed by atoms with E-state index in [2.05, 4.69) is 0 Å². The van der Waals surface area contributed by atoms with E-state index in [0.29, 0.717) is 10.0 Å². The number of carbonyl (C=O) groups excluding carboxylic acids is 1.